The number of hydrogen-bond acceptors (Lipinski definition) is 3. The summed E-state index contributed by atoms with van der Waals surface area (Å²) in [6.45, 7) is 0. The van der Waals surface area contributed by atoms with Crippen LogP contribution in [0.25, 0.3) is 5.65 Å². The zero-order valence-corrected chi connectivity index (χ0v) is 11.2. The summed E-state index contributed by atoms with van der Waals surface area (Å²) >= 11 is 0. The van der Waals surface area contributed by atoms with Crippen LogP contribution in [0.2, 0.25) is 0 Å². The first-order valence-corrected chi connectivity index (χ1v) is 7.11. The smallest absolute Gasteiger partial charge is 0.280 e. The zero-order chi connectivity index (χ0) is 14.6. The summed E-state index contributed by atoms with van der Waals surface area (Å²) in [6, 6.07) is 3.09. The lowest BCUT2D eigenvalue weighted by Crippen LogP contribution is -2.25. The zero-order valence-electron chi connectivity index (χ0n) is 11.2. The Labute approximate surface area is 119 Å². The summed E-state index contributed by atoms with van der Waals surface area (Å²) in [7, 11) is 0. The summed E-state index contributed by atoms with van der Waals surface area (Å²) < 4.78 is 27.5. The van der Waals surface area contributed by atoms with Crippen molar-refractivity contribution in [3.8, 4) is 0 Å². The Morgan fingerprint density at radius 1 is 1.29 bits per heavy atom. The summed E-state index contributed by atoms with van der Waals surface area (Å²) in [6.07, 6.45) is 1.24. The van der Waals surface area contributed by atoms with Crippen molar-refractivity contribution in [3.05, 3.63) is 29.2 Å². The molecule has 2 aromatic rings. The third kappa shape index (κ3) is 2.36. The van der Waals surface area contributed by atoms with E-state index in [9.17, 15) is 13.6 Å². The molecule has 1 N–H and O–H groups in total. The summed E-state index contributed by atoms with van der Waals surface area (Å²) in [5, 5.41) is 6.80. The molecule has 0 spiro atoms. The van der Waals surface area contributed by atoms with Gasteiger partial charge in [-0.25, -0.2) is 18.3 Å². The number of halogens is 2. The van der Waals surface area contributed by atoms with Gasteiger partial charge in [-0.15, -0.1) is 0 Å². The third-order valence-electron chi connectivity index (χ3n) is 3.84. The average Bonchev–Trinajstić information content (AvgIpc) is 3.36. The first-order chi connectivity index (χ1) is 10.1. The van der Waals surface area contributed by atoms with Gasteiger partial charge in [0.1, 0.15) is 5.69 Å². The second kappa shape index (κ2) is 4.47. The van der Waals surface area contributed by atoms with Crippen LogP contribution in [-0.2, 0) is 0 Å². The van der Waals surface area contributed by atoms with Crippen LogP contribution in [0.1, 0.15) is 59.9 Å². The van der Waals surface area contributed by atoms with E-state index in [0.717, 1.165) is 30.2 Å². The highest BCUT2D eigenvalue weighted by Crippen LogP contribution is 2.40. The van der Waals surface area contributed by atoms with Gasteiger partial charge in [-0.3, -0.25) is 4.79 Å². The number of aromatic nitrogens is 3. The number of nitrogens with zero attached hydrogens (tertiary/aromatic N) is 3. The third-order valence-corrected chi connectivity index (χ3v) is 3.84. The van der Waals surface area contributed by atoms with E-state index in [1.165, 1.54) is 12.1 Å². The van der Waals surface area contributed by atoms with Crippen LogP contribution in [0, 0.1) is 0 Å². The number of rotatable bonds is 4. The molecule has 2 saturated carbocycles. The number of nitrogens with one attached hydrogen (secondary N) is 1. The van der Waals surface area contributed by atoms with Crippen molar-refractivity contribution in [1.29, 1.82) is 0 Å². The van der Waals surface area contributed by atoms with E-state index >= 15 is 0 Å². The summed E-state index contributed by atoms with van der Waals surface area (Å²) in [5.74, 6) is -0.0534. The second-order valence-electron chi connectivity index (χ2n) is 5.73. The molecule has 1 amide bonds. The highest BCUT2D eigenvalue weighted by Gasteiger charge is 2.29. The minimum atomic E-state index is -2.65. The summed E-state index contributed by atoms with van der Waals surface area (Å²) in [4.78, 5) is 16.3. The van der Waals surface area contributed by atoms with Crippen LogP contribution in [-0.4, -0.2) is 26.5 Å². The molecule has 0 atom stereocenters. The molecule has 2 aromatic heterocycles. The molecule has 2 fully saturated rings. The van der Waals surface area contributed by atoms with Crippen molar-refractivity contribution in [2.24, 2.45) is 0 Å². The van der Waals surface area contributed by atoms with Gasteiger partial charge in [0.25, 0.3) is 12.3 Å². The first kappa shape index (κ1) is 12.7. The van der Waals surface area contributed by atoms with Crippen molar-refractivity contribution in [2.75, 3.05) is 0 Å². The fourth-order valence-electron chi connectivity index (χ4n) is 2.36. The molecule has 21 heavy (non-hydrogen) atoms. The Bertz CT molecular complexity index is 719. The average molecular weight is 292 g/mol. The lowest BCUT2D eigenvalue weighted by Gasteiger charge is -2.06. The molecule has 0 aliphatic heterocycles. The van der Waals surface area contributed by atoms with Gasteiger partial charge in [0, 0.05) is 23.7 Å². The van der Waals surface area contributed by atoms with E-state index in [1.807, 2.05) is 0 Å². The second-order valence-corrected chi connectivity index (χ2v) is 5.73. The van der Waals surface area contributed by atoms with E-state index in [1.54, 1.807) is 0 Å². The van der Waals surface area contributed by atoms with Gasteiger partial charge in [-0.05, 0) is 31.7 Å². The summed E-state index contributed by atoms with van der Waals surface area (Å²) in [5.41, 5.74) is 0.930. The number of alkyl halides is 2. The molecule has 110 valence electrons. The van der Waals surface area contributed by atoms with Crippen molar-refractivity contribution in [2.45, 2.75) is 44.1 Å². The lowest BCUT2D eigenvalue weighted by molar-refractivity contribution is 0.0944. The fourth-order valence-corrected chi connectivity index (χ4v) is 2.36. The normalized spacial score (nSPS) is 18.4. The van der Waals surface area contributed by atoms with Crippen LogP contribution in [0.5, 0.6) is 0 Å². The van der Waals surface area contributed by atoms with Gasteiger partial charge >= 0.3 is 0 Å². The largest absolute Gasteiger partial charge is 0.348 e. The van der Waals surface area contributed by atoms with Crippen LogP contribution < -0.4 is 5.32 Å². The molecular weight excluding hydrogens is 278 g/mol. The van der Waals surface area contributed by atoms with E-state index in [0.29, 0.717) is 11.3 Å². The maximum atomic E-state index is 13.2. The highest BCUT2D eigenvalue weighted by atomic mass is 19.3. The molecule has 7 heteroatoms. The van der Waals surface area contributed by atoms with Crippen LogP contribution in [0.4, 0.5) is 8.78 Å². The van der Waals surface area contributed by atoms with E-state index in [4.69, 9.17) is 0 Å². The maximum Gasteiger partial charge on any atom is 0.280 e. The number of amides is 1. The molecule has 5 nitrogen and oxygen atoms in total. The molecule has 0 radical (unpaired) electrons. The predicted octanol–water partition coefficient (Wildman–Crippen LogP) is 2.44. The topological polar surface area (TPSA) is 59.3 Å². The Balaban J connectivity index is 1.77. The molecular formula is C14H14F2N4O. The molecule has 0 bridgehead atoms. The number of carbonyl (C=O) groups excluding carboxylic acids is 1. The molecule has 0 unspecified atom stereocenters. The first-order valence-electron chi connectivity index (χ1n) is 7.11. The van der Waals surface area contributed by atoms with Crippen LogP contribution >= 0.6 is 0 Å². The standard InChI is InChI=1S/C14H14F2N4O/c15-13(16)11-5-9(7-1-2-7)18-12-6-10(19-20(11)12)14(21)17-8-3-4-8/h5-8,13H,1-4H2,(H,17,21). The van der Waals surface area contributed by atoms with E-state index in [2.05, 4.69) is 15.4 Å². The van der Waals surface area contributed by atoms with Crippen molar-refractivity contribution < 1.29 is 13.6 Å². The quantitative estimate of drug-likeness (QED) is 0.941. The Morgan fingerprint density at radius 2 is 2.05 bits per heavy atom. The van der Waals surface area contributed by atoms with Gasteiger partial charge in [0.05, 0.1) is 0 Å². The van der Waals surface area contributed by atoms with Crippen molar-refractivity contribution in [1.82, 2.24) is 19.9 Å². The Kier molecular flexibility index (Phi) is 2.70. The molecule has 0 aromatic carbocycles. The van der Waals surface area contributed by atoms with E-state index < -0.39 is 6.43 Å². The number of carbonyl (C=O) groups is 1. The number of hydrogen-bond donors (Lipinski definition) is 1. The lowest BCUT2D eigenvalue weighted by atomic mass is 10.2. The van der Waals surface area contributed by atoms with Gasteiger partial charge in [0.15, 0.2) is 11.3 Å². The monoisotopic (exact) mass is 292 g/mol. The predicted molar refractivity (Wildman–Crippen MR) is 70.4 cm³/mol. The van der Waals surface area contributed by atoms with Gasteiger partial charge < -0.3 is 5.32 Å². The molecule has 2 aliphatic rings. The Hall–Kier alpha value is -2.05. The Morgan fingerprint density at radius 3 is 2.67 bits per heavy atom. The maximum absolute atomic E-state index is 13.2. The SMILES string of the molecule is O=C(NC1CC1)c1cc2nc(C3CC3)cc(C(F)F)n2n1. The molecule has 0 saturated heterocycles. The van der Waals surface area contributed by atoms with Crippen molar-refractivity contribution in [3.63, 3.8) is 0 Å². The van der Waals surface area contributed by atoms with Crippen LogP contribution in [0.15, 0.2) is 12.1 Å². The minimum absolute atomic E-state index is 0.143. The van der Waals surface area contributed by atoms with E-state index in [-0.39, 0.29) is 29.3 Å². The highest BCUT2D eigenvalue weighted by molar-refractivity contribution is 5.93. The van der Waals surface area contributed by atoms with Gasteiger partial charge in [-0.1, -0.05) is 0 Å². The minimum Gasteiger partial charge on any atom is -0.348 e. The fraction of sp³-hybridized carbons (Fsp3) is 0.500. The van der Waals surface area contributed by atoms with Crippen LogP contribution in [0.3, 0.4) is 0 Å². The van der Waals surface area contributed by atoms with Crippen molar-refractivity contribution >= 4 is 11.6 Å². The van der Waals surface area contributed by atoms with Gasteiger partial charge in [0.2, 0.25) is 0 Å². The van der Waals surface area contributed by atoms with Gasteiger partial charge in [-0.2, -0.15) is 5.10 Å². The molecule has 2 heterocycles. The number of fused-ring (bicyclic) bond motifs is 1. The molecule has 2 aliphatic carbocycles. The molecule has 4 rings (SSSR count).